The minimum atomic E-state index is -1.03. The van der Waals surface area contributed by atoms with E-state index in [1.807, 2.05) is 31.2 Å². The molecule has 128 valence electrons. The van der Waals surface area contributed by atoms with Crippen LogP contribution >= 0.6 is 0 Å². The van der Waals surface area contributed by atoms with E-state index < -0.39 is 5.60 Å². The summed E-state index contributed by atoms with van der Waals surface area (Å²) >= 11 is 0. The van der Waals surface area contributed by atoms with Gasteiger partial charge in [0.2, 0.25) is 5.91 Å². The fourth-order valence-corrected chi connectivity index (χ4v) is 2.77. The molecule has 7 nitrogen and oxygen atoms in total. The number of carbonyl (C=O) groups excluding carboxylic acids is 1. The lowest BCUT2D eigenvalue weighted by Gasteiger charge is -2.23. The van der Waals surface area contributed by atoms with Gasteiger partial charge in [-0.15, -0.1) is 0 Å². The Hall–Kier alpha value is -2.41. The Bertz CT molecular complexity index is 730. The summed E-state index contributed by atoms with van der Waals surface area (Å²) < 4.78 is 10.3. The van der Waals surface area contributed by atoms with Crippen molar-refractivity contribution in [2.24, 2.45) is 0 Å². The summed E-state index contributed by atoms with van der Waals surface area (Å²) in [6.07, 6.45) is 0.616. The van der Waals surface area contributed by atoms with Crippen LogP contribution in [0.5, 0.6) is 5.75 Å². The van der Waals surface area contributed by atoms with Crippen LogP contribution in [-0.4, -0.2) is 51.5 Å². The number of aryl methyl sites for hydroxylation is 2. The Balaban J connectivity index is 1.55. The van der Waals surface area contributed by atoms with E-state index >= 15 is 0 Å². The molecule has 1 unspecified atom stereocenters. The highest BCUT2D eigenvalue weighted by molar-refractivity contribution is 5.78. The van der Waals surface area contributed by atoms with Gasteiger partial charge in [-0.25, -0.2) is 4.63 Å². The van der Waals surface area contributed by atoms with Gasteiger partial charge in [0.05, 0.1) is 13.0 Å². The smallest absolute Gasteiger partial charge is 0.228 e. The molecule has 3 rings (SSSR count). The standard InChI is InChI=1S/C17H21N3O4/c1-12-4-3-5-14(8-12)23-11-17(22)6-7-20(10-17)16(21)9-15-13(2)18-24-19-15/h3-5,8,22H,6-7,9-11H2,1-2H3. The van der Waals surface area contributed by atoms with Crippen molar-refractivity contribution in [2.45, 2.75) is 32.3 Å². The summed E-state index contributed by atoms with van der Waals surface area (Å²) in [5.41, 5.74) is 1.21. The molecule has 2 heterocycles. The maximum atomic E-state index is 12.3. The molecule has 2 aromatic rings. The summed E-state index contributed by atoms with van der Waals surface area (Å²) in [6, 6.07) is 7.67. The zero-order valence-electron chi connectivity index (χ0n) is 13.9. The number of hydrogen-bond donors (Lipinski definition) is 1. The molecule has 1 aliphatic rings. The van der Waals surface area contributed by atoms with Crippen LogP contribution < -0.4 is 4.74 Å². The molecule has 1 saturated heterocycles. The number of carbonyl (C=O) groups is 1. The third-order valence-electron chi connectivity index (χ3n) is 4.25. The van der Waals surface area contributed by atoms with Gasteiger partial charge < -0.3 is 14.7 Å². The minimum absolute atomic E-state index is 0.0970. The van der Waals surface area contributed by atoms with Gasteiger partial charge in [-0.2, -0.15) is 0 Å². The lowest BCUT2D eigenvalue weighted by atomic mass is 10.1. The monoisotopic (exact) mass is 331 g/mol. The Morgan fingerprint density at radius 3 is 2.96 bits per heavy atom. The lowest BCUT2D eigenvalue weighted by molar-refractivity contribution is -0.130. The van der Waals surface area contributed by atoms with Crippen molar-refractivity contribution in [2.75, 3.05) is 19.7 Å². The highest BCUT2D eigenvalue weighted by Gasteiger charge is 2.39. The SMILES string of the molecule is Cc1cccc(OCC2(O)CCN(C(=O)Cc3nonc3C)C2)c1. The minimum Gasteiger partial charge on any atom is -0.491 e. The molecule has 0 spiro atoms. The number of amides is 1. The van der Waals surface area contributed by atoms with Gasteiger partial charge in [-0.3, -0.25) is 4.79 Å². The molecule has 0 saturated carbocycles. The van der Waals surface area contributed by atoms with Crippen molar-refractivity contribution in [3.63, 3.8) is 0 Å². The topological polar surface area (TPSA) is 88.7 Å². The number of rotatable bonds is 5. The number of benzene rings is 1. The molecule has 24 heavy (non-hydrogen) atoms. The van der Waals surface area contributed by atoms with Gasteiger partial charge in [0.25, 0.3) is 0 Å². The average molecular weight is 331 g/mol. The Labute approximate surface area is 140 Å². The summed E-state index contributed by atoms with van der Waals surface area (Å²) in [5, 5.41) is 18.1. The summed E-state index contributed by atoms with van der Waals surface area (Å²) in [5.74, 6) is 0.623. The second-order valence-corrected chi connectivity index (χ2v) is 6.37. The van der Waals surface area contributed by atoms with Crippen LogP contribution in [0, 0.1) is 13.8 Å². The molecule has 1 aromatic carbocycles. The van der Waals surface area contributed by atoms with E-state index in [4.69, 9.17) is 4.74 Å². The number of ether oxygens (including phenoxy) is 1. The summed E-state index contributed by atoms with van der Waals surface area (Å²) in [7, 11) is 0. The molecule has 0 aliphatic carbocycles. The molecule has 0 bridgehead atoms. The van der Waals surface area contributed by atoms with Gasteiger partial charge in [0.15, 0.2) is 0 Å². The van der Waals surface area contributed by atoms with E-state index in [1.165, 1.54) is 0 Å². The van der Waals surface area contributed by atoms with Crippen molar-refractivity contribution >= 4 is 5.91 Å². The van der Waals surface area contributed by atoms with Crippen molar-refractivity contribution < 1.29 is 19.3 Å². The first kappa shape index (κ1) is 16.4. The molecule has 1 amide bonds. The lowest BCUT2D eigenvalue weighted by Crippen LogP contribution is -2.41. The molecule has 1 aromatic heterocycles. The molecule has 7 heteroatoms. The maximum absolute atomic E-state index is 12.3. The van der Waals surface area contributed by atoms with E-state index in [1.54, 1.807) is 11.8 Å². The number of aromatic nitrogens is 2. The van der Waals surface area contributed by atoms with Gasteiger partial charge in [-0.05, 0) is 38.0 Å². The number of aliphatic hydroxyl groups is 1. The van der Waals surface area contributed by atoms with Crippen LogP contribution in [-0.2, 0) is 11.2 Å². The first-order valence-electron chi connectivity index (χ1n) is 7.93. The van der Waals surface area contributed by atoms with Gasteiger partial charge in [0.1, 0.15) is 29.3 Å². The van der Waals surface area contributed by atoms with Crippen LogP contribution in [0.2, 0.25) is 0 Å². The molecule has 0 radical (unpaired) electrons. The van der Waals surface area contributed by atoms with Gasteiger partial charge in [0, 0.05) is 6.54 Å². The van der Waals surface area contributed by atoms with E-state index in [0.717, 1.165) is 11.3 Å². The van der Waals surface area contributed by atoms with E-state index in [-0.39, 0.29) is 25.5 Å². The Morgan fingerprint density at radius 2 is 2.25 bits per heavy atom. The maximum Gasteiger partial charge on any atom is 0.228 e. The normalized spacial score (nSPS) is 20.4. The quantitative estimate of drug-likeness (QED) is 0.887. The second kappa shape index (κ2) is 6.60. The predicted octanol–water partition coefficient (Wildman–Crippen LogP) is 1.27. The van der Waals surface area contributed by atoms with Crippen LogP contribution in [0.1, 0.15) is 23.4 Å². The molecular weight excluding hydrogens is 310 g/mol. The Morgan fingerprint density at radius 1 is 1.42 bits per heavy atom. The van der Waals surface area contributed by atoms with Gasteiger partial charge in [-0.1, -0.05) is 22.4 Å². The van der Waals surface area contributed by atoms with Crippen molar-refractivity contribution in [3.8, 4) is 5.75 Å². The number of nitrogens with zero attached hydrogens (tertiary/aromatic N) is 3. The molecule has 1 fully saturated rings. The third-order valence-corrected chi connectivity index (χ3v) is 4.25. The summed E-state index contributed by atoms with van der Waals surface area (Å²) in [4.78, 5) is 14.0. The largest absolute Gasteiger partial charge is 0.491 e. The summed E-state index contributed by atoms with van der Waals surface area (Å²) in [6.45, 7) is 4.64. The van der Waals surface area contributed by atoms with Crippen LogP contribution in [0.3, 0.4) is 0 Å². The van der Waals surface area contributed by atoms with Gasteiger partial charge >= 0.3 is 0 Å². The van der Waals surface area contributed by atoms with Crippen molar-refractivity contribution in [3.05, 3.63) is 41.2 Å². The average Bonchev–Trinajstić information content (AvgIpc) is 3.13. The van der Waals surface area contributed by atoms with Crippen molar-refractivity contribution in [1.29, 1.82) is 0 Å². The second-order valence-electron chi connectivity index (χ2n) is 6.37. The molecule has 1 N–H and O–H groups in total. The fraction of sp³-hybridized carbons (Fsp3) is 0.471. The van der Waals surface area contributed by atoms with E-state index in [2.05, 4.69) is 14.9 Å². The predicted molar refractivity (Wildman–Crippen MR) is 85.6 cm³/mol. The number of hydrogen-bond acceptors (Lipinski definition) is 6. The number of likely N-dealkylation sites (tertiary alicyclic amines) is 1. The van der Waals surface area contributed by atoms with E-state index in [9.17, 15) is 9.90 Å². The van der Waals surface area contributed by atoms with Crippen LogP contribution in [0.25, 0.3) is 0 Å². The Kier molecular flexibility index (Phi) is 4.53. The molecule has 1 aliphatic heterocycles. The number of β-amino-alcohol motifs (C(OH)–C–C–N with tert-alkyl or cyclic N) is 1. The zero-order chi connectivity index (χ0) is 17.2. The van der Waals surface area contributed by atoms with E-state index in [0.29, 0.717) is 24.4 Å². The molecule has 1 atom stereocenters. The highest BCUT2D eigenvalue weighted by atomic mass is 16.6. The molecular formula is C17H21N3O4. The third kappa shape index (κ3) is 3.73. The van der Waals surface area contributed by atoms with Crippen LogP contribution in [0.15, 0.2) is 28.9 Å². The first-order valence-corrected chi connectivity index (χ1v) is 7.93. The van der Waals surface area contributed by atoms with Crippen LogP contribution in [0.4, 0.5) is 0 Å². The zero-order valence-corrected chi connectivity index (χ0v) is 13.9. The van der Waals surface area contributed by atoms with Crippen molar-refractivity contribution in [1.82, 2.24) is 15.2 Å². The first-order chi connectivity index (χ1) is 11.5. The fourth-order valence-electron chi connectivity index (χ4n) is 2.77. The highest BCUT2D eigenvalue weighted by Crippen LogP contribution is 2.24.